The standard InChI is InChI=1S/C16H22ClN3O2/c1-4-11-9-12(17)5-6-13(11)19-16(22)20-8-7-18-15(21)14(20)10(2)3/h5-6,9-10,14H,4,7-8H2,1-3H3,(H,18,21)(H,19,22). The Morgan fingerprint density at radius 3 is 2.86 bits per heavy atom. The van der Waals surface area contributed by atoms with Gasteiger partial charge in [-0.15, -0.1) is 0 Å². The lowest BCUT2D eigenvalue weighted by Gasteiger charge is -2.37. The number of carbonyl (C=O) groups is 2. The first-order valence-electron chi connectivity index (χ1n) is 7.57. The van der Waals surface area contributed by atoms with Gasteiger partial charge in [0.2, 0.25) is 5.91 Å². The number of halogens is 1. The van der Waals surface area contributed by atoms with Gasteiger partial charge in [0.15, 0.2) is 0 Å². The Labute approximate surface area is 136 Å². The first-order valence-corrected chi connectivity index (χ1v) is 7.95. The summed E-state index contributed by atoms with van der Waals surface area (Å²) in [7, 11) is 0. The van der Waals surface area contributed by atoms with Crippen LogP contribution in [0.25, 0.3) is 0 Å². The molecule has 120 valence electrons. The second-order valence-electron chi connectivity index (χ2n) is 5.76. The maximum absolute atomic E-state index is 12.6. The monoisotopic (exact) mass is 323 g/mol. The van der Waals surface area contributed by atoms with Gasteiger partial charge in [0, 0.05) is 23.8 Å². The zero-order chi connectivity index (χ0) is 16.3. The van der Waals surface area contributed by atoms with E-state index in [0.717, 1.165) is 17.7 Å². The summed E-state index contributed by atoms with van der Waals surface area (Å²) in [6.07, 6.45) is 0.768. The number of benzene rings is 1. The van der Waals surface area contributed by atoms with Crippen LogP contribution in [0.4, 0.5) is 10.5 Å². The predicted molar refractivity (Wildman–Crippen MR) is 88.2 cm³/mol. The molecule has 0 spiro atoms. The Bertz CT molecular complexity index is 575. The molecule has 0 saturated carbocycles. The van der Waals surface area contributed by atoms with E-state index in [4.69, 9.17) is 11.6 Å². The van der Waals surface area contributed by atoms with Gasteiger partial charge in [-0.1, -0.05) is 32.4 Å². The molecular weight excluding hydrogens is 302 g/mol. The van der Waals surface area contributed by atoms with Crippen LogP contribution in [0.1, 0.15) is 26.3 Å². The van der Waals surface area contributed by atoms with Crippen molar-refractivity contribution in [3.63, 3.8) is 0 Å². The highest BCUT2D eigenvalue weighted by atomic mass is 35.5. The number of piperazine rings is 1. The van der Waals surface area contributed by atoms with Crippen LogP contribution in [0.2, 0.25) is 5.02 Å². The SMILES string of the molecule is CCc1cc(Cl)ccc1NC(=O)N1CCNC(=O)C1C(C)C. The molecule has 2 rings (SSSR count). The van der Waals surface area contributed by atoms with Crippen molar-refractivity contribution in [1.82, 2.24) is 10.2 Å². The third-order valence-corrected chi connectivity index (χ3v) is 4.07. The molecule has 0 aliphatic carbocycles. The van der Waals surface area contributed by atoms with Crippen LogP contribution >= 0.6 is 11.6 Å². The van der Waals surface area contributed by atoms with Gasteiger partial charge in [-0.25, -0.2) is 4.79 Å². The fourth-order valence-electron chi connectivity index (χ4n) is 2.74. The van der Waals surface area contributed by atoms with Crippen molar-refractivity contribution in [1.29, 1.82) is 0 Å². The van der Waals surface area contributed by atoms with Gasteiger partial charge in [-0.2, -0.15) is 0 Å². The Morgan fingerprint density at radius 2 is 2.23 bits per heavy atom. The maximum Gasteiger partial charge on any atom is 0.322 e. The number of anilines is 1. The van der Waals surface area contributed by atoms with Crippen LogP contribution < -0.4 is 10.6 Å². The molecule has 0 radical (unpaired) electrons. The van der Waals surface area contributed by atoms with Gasteiger partial charge < -0.3 is 15.5 Å². The minimum absolute atomic E-state index is 0.0573. The second kappa shape index (κ2) is 7.01. The Balaban J connectivity index is 2.19. The van der Waals surface area contributed by atoms with E-state index in [1.807, 2.05) is 26.8 Å². The predicted octanol–water partition coefficient (Wildman–Crippen LogP) is 2.89. The molecule has 1 fully saturated rings. The quantitative estimate of drug-likeness (QED) is 0.898. The second-order valence-corrected chi connectivity index (χ2v) is 6.19. The van der Waals surface area contributed by atoms with E-state index in [9.17, 15) is 9.59 Å². The van der Waals surface area contributed by atoms with Crippen molar-refractivity contribution < 1.29 is 9.59 Å². The highest BCUT2D eigenvalue weighted by Gasteiger charge is 2.35. The molecule has 1 saturated heterocycles. The van der Waals surface area contributed by atoms with Crippen molar-refractivity contribution in [2.45, 2.75) is 33.2 Å². The molecule has 1 unspecified atom stereocenters. The summed E-state index contributed by atoms with van der Waals surface area (Å²) in [5.41, 5.74) is 1.72. The number of aryl methyl sites for hydroxylation is 1. The Morgan fingerprint density at radius 1 is 1.50 bits per heavy atom. The number of nitrogens with zero attached hydrogens (tertiary/aromatic N) is 1. The van der Waals surface area contributed by atoms with Crippen molar-refractivity contribution in [2.24, 2.45) is 5.92 Å². The summed E-state index contributed by atoms with van der Waals surface area (Å²) in [6.45, 7) is 6.88. The largest absolute Gasteiger partial charge is 0.353 e. The van der Waals surface area contributed by atoms with Gasteiger partial charge in [0.25, 0.3) is 0 Å². The average molecular weight is 324 g/mol. The lowest BCUT2D eigenvalue weighted by atomic mass is 10.00. The van der Waals surface area contributed by atoms with Crippen molar-refractivity contribution in [3.05, 3.63) is 28.8 Å². The van der Waals surface area contributed by atoms with E-state index < -0.39 is 6.04 Å². The summed E-state index contributed by atoms with van der Waals surface area (Å²) in [6, 6.07) is 4.71. The maximum atomic E-state index is 12.6. The molecule has 5 nitrogen and oxygen atoms in total. The van der Waals surface area contributed by atoms with Gasteiger partial charge in [-0.05, 0) is 36.1 Å². The molecule has 1 heterocycles. The molecule has 1 aliphatic rings. The first kappa shape index (κ1) is 16.6. The molecule has 22 heavy (non-hydrogen) atoms. The number of hydrogen-bond donors (Lipinski definition) is 2. The van der Waals surface area contributed by atoms with E-state index in [0.29, 0.717) is 18.1 Å². The zero-order valence-electron chi connectivity index (χ0n) is 13.1. The lowest BCUT2D eigenvalue weighted by Crippen LogP contribution is -2.60. The Hall–Kier alpha value is -1.75. The Kier molecular flexibility index (Phi) is 5.29. The zero-order valence-corrected chi connectivity index (χ0v) is 13.9. The summed E-state index contributed by atoms with van der Waals surface area (Å²) in [5.74, 6) is -0.0369. The molecule has 0 bridgehead atoms. The number of amides is 3. The molecule has 3 amide bonds. The van der Waals surface area contributed by atoms with E-state index in [2.05, 4.69) is 10.6 Å². The van der Waals surface area contributed by atoms with E-state index in [1.54, 1.807) is 17.0 Å². The highest BCUT2D eigenvalue weighted by Crippen LogP contribution is 2.23. The van der Waals surface area contributed by atoms with Crippen LogP contribution in [-0.4, -0.2) is 36.0 Å². The minimum Gasteiger partial charge on any atom is -0.353 e. The molecule has 1 aromatic rings. The number of rotatable bonds is 3. The van der Waals surface area contributed by atoms with Gasteiger partial charge in [0.1, 0.15) is 6.04 Å². The molecule has 2 N–H and O–H groups in total. The fourth-order valence-corrected chi connectivity index (χ4v) is 2.93. The molecule has 1 aliphatic heterocycles. The molecule has 1 aromatic carbocycles. The number of urea groups is 1. The summed E-state index contributed by atoms with van der Waals surface area (Å²) >= 11 is 5.99. The summed E-state index contributed by atoms with van der Waals surface area (Å²) in [5, 5.41) is 6.37. The van der Waals surface area contributed by atoms with Crippen LogP contribution in [0.3, 0.4) is 0 Å². The molecule has 0 aromatic heterocycles. The summed E-state index contributed by atoms with van der Waals surface area (Å²) in [4.78, 5) is 26.2. The van der Waals surface area contributed by atoms with E-state index in [1.165, 1.54) is 0 Å². The van der Waals surface area contributed by atoms with Crippen LogP contribution in [0, 0.1) is 5.92 Å². The van der Waals surface area contributed by atoms with Crippen molar-refractivity contribution in [2.75, 3.05) is 18.4 Å². The van der Waals surface area contributed by atoms with Crippen LogP contribution in [-0.2, 0) is 11.2 Å². The third kappa shape index (κ3) is 3.53. The topological polar surface area (TPSA) is 61.4 Å². The van der Waals surface area contributed by atoms with Crippen LogP contribution in [0.15, 0.2) is 18.2 Å². The highest BCUT2D eigenvalue weighted by molar-refractivity contribution is 6.30. The summed E-state index contributed by atoms with van der Waals surface area (Å²) < 4.78 is 0. The molecule has 6 heteroatoms. The van der Waals surface area contributed by atoms with Gasteiger partial charge >= 0.3 is 6.03 Å². The smallest absolute Gasteiger partial charge is 0.322 e. The van der Waals surface area contributed by atoms with Crippen LogP contribution in [0.5, 0.6) is 0 Å². The molecule has 1 atom stereocenters. The first-order chi connectivity index (χ1) is 10.4. The third-order valence-electron chi connectivity index (χ3n) is 3.84. The van der Waals surface area contributed by atoms with Gasteiger partial charge in [0.05, 0.1) is 0 Å². The minimum atomic E-state index is -0.439. The van der Waals surface area contributed by atoms with Gasteiger partial charge in [-0.3, -0.25) is 4.79 Å². The average Bonchev–Trinajstić information content (AvgIpc) is 2.48. The number of hydrogen-bond acceptors (Lipinski definition) is 2. The normalized spacial score (nSPS) is 18.3. The van der Waals surface area contributed by atoms with Crippen molar-refractivity contribution >= 4 is 29.2 Å². The fraction of sp³-hybridized carbons (Fsp3) is 0.500. The lowest BCUT2D eigenvalue weighted by molar-refractivity contribution is -0.129. The number of nitrogens with one attached hydrogen (secondary N) is 2. The van der Waals surface area contributed by atoms with E-state index >= 15 is 0 Å². The molecular formula is C16H22ClN3O2. The number of carbonyl (C=O) groups excluding carboxylic acids is 2. The van der Waals surface area contributed by atoms with E-state index in [-0.39, 0.29) is 17.9 Å². The van der Waals surface area contributed by atoms with Crippen molar-refractivity contribution in [3.8, 4) is 0 Å².